The summed E-state index contributed by atoms with van der Waals surface area (Å²) in [6.07, 6.45) is 2.26. The zero-order valence-corrected chi connectivity index (χ0v) is 18.9. The lowest BCUT2D eigenvalue weighted by Gasteiger charge is -2.13. The van der Waals surface area contributed by atoms with E-state index in [1.807, 2.05) is 44.2 Å². The van der Waals surface area contributed by atoms with Crippen molar-refractivity contribution in [1.29, 1.82) is 0 Å². The van der Waals surface area contributed by atoms with Crippen LogP contribution in [0, 0.1) is 13.8 Å². The third-order valence-electron chi connectivity index (χ3n) is 5.22. The van der Waals surface area contributed by atoms with Crippen molar-refractivity contribution in [3.8, 4) is 0 Å². The van der Waals surface area contributed by atoms with Gasteiger partial charge in [-0.1, -0.05) is 24.3 Å². The van der Waals surface area contributed by atoms with Gasteiger partial charge in [-0.15, -0.1) is 0 Å². The van der Waals surface area contributed by atoms with E-state index in [1.54, 1.807) is 18.2 Å². The second kappa shape index (κ2) is 8.89. The predicted molar refractivity (Wildman–Crippen MR) is 124 cm³/mol. The van der Waals surface area contributed by atoms with Gasteiger partial charge in [0.1, 0.15) is 5.76 Å². The summed E-state index contributed by atoms with van der Waals surface area (Å²) in [4.78, 5) is 25.4. The first-order chi connectivity index (χ1) is 14.9. The van der Waals surface area contributed by atoms with Gasteiger partial charge in [0.15, 0.2) is 5.76 Å². The van der Waals surface area contributed by atoms with Crippen LogP contribution >= 0.6 is 15.9 Å². The van der Waals surface area contributed by atoms with Crippen molar-refractivity contribution in [1.82, 2.24) is 5.43 Å². The van der Waals surface area contributed by atoms with Crippen LogP contribution < -0.4 is 10.7 Å². The van der Waals surface area contributed by atoms with Crippen molar-refractivity contribution in [2.75, 3.05) is 5.32 Å². The van der Waals surface area contributed by atoms with E-state index in [0.717, 1.165) is 41.0 Å². The lowest BCUT2D eigenvalue weighted by molar-refractivity contribution is 0.0952. The van der Waals surface area contributed by atoms with Crippen molar-refractivity contribution in [3.63, 3.8) is 0 Å². The minimum Gasteiger partial charge on any atom is -0.455 e. The third kappa shape index (κ3) is 4.46. The molecular formula is C24H22BrN3O3. The summed E-state index contributed by atoms with van der Waals surface area (Å²) in [7, 11) is 0. The standard InChI is InChI=1S/C24H22BrN3O3/c1-14-7-5-8-16(13-14)26-24(30)22-15(2)21-19(11-6-12-20(21)31-22)27-28-23(29)17-9-3-4-10-18(17)25/h3-5,7-10,13H,6,11-12H2,1-2H3,(H,26,30)(H,28,29)/b27-19+. The average molecular weight is 480 g/mol. The molecule has 7 heteroatoms. The largest absolute Gasteiger partial charge is 0.455 e. The summed E-state index contributed by atoms with van der Waals surface area (Å²) in [6.45, 7) is 3.82. The van der Waals surface area contributed by atoms with Gasteiger partial charge in [0.2, 0.25) is 0 Å². The Morgan fingerprint density at radius 3 is 2.61 bits per heavy atom. The van der Waals surface area contributed by atoms with Gasteiger partial charge in [0.25, 0.3) is 11.8 Å². The van der Waals surface area contributed by atoms with Crippen molar-refractivity contribution in [2.45, 2.75) is 33.1 Å². The van der Waals surface area contributed by atoms with Crippen molar-refractivity contribution in [3.05, 3.63) is 86.8 Å². The molecule has 0 radical (unpaired) electrons. The van der Waals surface area contributed by atoms with Gasteiger partial charge < -0.3 is 9.73 Å². The molecule has 31 heavy (non-hydrogen) atoms. The van der Waals surface area contributed by atoms with Gasteiger partial charge in [-0.3, -0.25) is 9.59 Å². The van der Waals surface area contributed by atoms with Gasteiger partial charge in [0.05, 0.1) is 11.3 Å². The van der Waals surface area contributed by atoms with Gasteiger partial charge in [-0.2, -0.15) is 5.10 Å². The fourth-order valence-electron chi connectivity index (χ4n) is 3.73. The highest BCUT2D eigenvalue weighted by atomic mass is 79.9. The van der Waals surface area contributed by atoms with E-state index in [2.05, 4.69) is 31.8 Å². The molecule has 6 nitrogen and oxygen atoms in total. The van der Waals surface area contributed by atoms with Gasteiger partial charge >= 0.3 is 0 Å². The number of benzene rings is 2. The summed E-state index contributed by atoms with van der Waals surface area (Å²) in [5.41, 5.74) is 7.18. The SMILES string of the molecule is Cc1cccc(NC(=O)c2oc3c(c2C)/C(=N/NC(=O)c2ccccc2Br)CCC3)c1. The smallest absolute Gasteiger partial charge is 0.291 e. The lowest BCUT2D eigenvalue weighted by atomic mass is 9.93. The highest BCUT2D eigenvalue weighted by Gasteiger charge is 2.28. The highest BCUT2D eigenvalue weighted by Crippen LogP contribution is 2.30. The molecule has 2 aromatic carbocycles. The number of nitrogens with one attached hydrogen (secondary N) is 2. The molecule has 0 fully saturated rings. The molecule has 2 amide bonds. The molecule has 2 N–H and O–H groups in total. The second-order valence-corrected chi connectivity index (χ2v) is 8.37. The molecule has 0 bridgehead atoms. The second-order valence-electron chi connectivity index (χ2n) is 7.51. The van der Waals surface area contributed by atoms with E-state index < -0.39 is 0 Å². The number of hydrogen-bond donors (Lipinski definition) is 2. The van der Waals surface area contributed by atoms with Crippen LogP contribution in [0.15, 0.2) is 62.5 Å². The molecule has 1 aliphatic rings. The number of fused-ring (bicyclic) bond motifs is 1. The molecule has 0 aliphatic heterocycles. The summed E-state index contributed by atoms with van der Waals surface area (Å²) in [6, 6.07) is 14.8. The maximum absolute atomic E-state index is 12.8. The molecule has 0 atom stereocenters. The molecule has 1 aromatic heterocycles. The van der Waals surface area contributed by atoms with Crippen molar-refractivity contribution < 1.29 is 14.0 Å². The number of aryl methyl sites for hydroxylation is 2. The van der Waals surface area contributed by atoms with Crippen LogP contribution in [0.1, 0.15) is 56.2 Å². The lowest BCUT2D eigenvalue weighted by Crippen LogP contribution is -2.22. The van der Waals surface area contributed by atoms with E-state index >= 15 is 0 Å². The summed E-state index contributed by atoms with van der Waals surface area (Å²) >= 11 is 3.38. The molecule has 1 heterocycles. The average Bonchev–Trinajstić information content (AvgIpc) is 3.10. The number of furan rings is 1. The Balaban J connectivity index is 1.58. The van der Waals surface area contributed by atoms with Gasteiger partial charge in [0, 0.05) is 27.7 Å². The summed E-state index contributed by atoms with van der Waals surface area (Å²) < 4.78 is 6.63. The van der Waals surface area contributed by atoms with E-state index in [0.29, 0.717) is 22.1 Å². The molecular weight excluding hydrogens is 458 g/mol. The molecule has 0 spiro atoms. The van der Waals surface area contributed by atoms with Crippen molar-refractivity contribution >= 4 is 39.1 Å². The number of amides is 2. The van der Waals surface area contributed by atoms with Crippen LogP contribution in [-0.2, 0) is 6.42 Å². The minimum atomic E-state index is -0.300. The van der Waals surface area contributed by atoms with Crippen molar-refractivity contribution in [2.24, 2.45) is 5.10 Å². The van der Waals surface area contributed by atoms with Crippen LogP contribution in [0.3, 0.4) is 0 Å². The Labute approximate surface area is 188 Å². The number of halogens is 1. The number of rotatable bonds is 4. The first-order valence-corrected chi connectivity index (χ1v) is 10.9. The van der Waals surface area contributed by atoms with Crippen LogP contribution in [0.5, 0.6) is 0 Å². The molecule has 0 saturated carbocycles. The first-order valence-electron chi connectivity index (χ1n) is 10.1. The number of nitrogens with zero attached hydrogens (tertiary/aromatic N) is 1. The molecule has 1 aliphatic carbocycles. The number of anilines is 1. The molecule has 0 unspecified atom stereocenters. The van der Waals surface area contributed by atoms with Crippen LogP contribution in [0.4, 0.5) is 5.69 Å². The minimum absolute atomic E-state index is 0.276. The Hall–Kier alpha value is -3.19. The summed E-state index contributed by atoms with van der Waals surface area (Å²) in [5.74, 6) is 0.407. The fraction of sp³-hybridized carbons (Fsp3) is 0.208. The number of carbonyl (C=O) groups excluding carboxylic acids is 2. The Bertz CT molecular complexity index is 1200. The maximum Gasteiger partial charge on any atom is 0.291 e. The normalized spacial score (nSPS) is 14.2. The highest BCUT2D eigenvalue weighted by molar-refractivity contribution is 9.10. The quantitative estimate of drug-likeness (QED) is 0.492. The van der Waals surface area contributed by atoms with E-state index in [1.165, 1.54) is 0 Å². The zero-order chi connectivity index (χ0) is 22.0. The topological polar surface area (TPSA) is 83.7 Å². The maximum atomic E-state index is 12.8. The Kier molecular flexibility index (Phi) is 6.04. The number of hydrazone groups is 1. The zero-order valence-electron chi connectivity index (χ0n) is 17.3. The van der Waals surface area contributed by atoms with Crippen LogP contribution in [0.25, 0.3) is 0 Å². The Morgan fingerprint density at radius 2 is 1.84 bits per heavy atom. The molecule has 158 valence electrons. The molecule has 0 saturated heterocycles. The number of hydrogen-bond acceptors (Lipinski definition) is 4. The fourth-order valence-corrected chi connectivity index (χ4v) is 4.20. The molecule has 3 aromatic rings. The third-order valence-corrected chi connectivity index (χ3v) is 5.91. The van der Waals surface area contributed by atoms with Crippen LogP contribution in [-0.4, -0.2) is 17.5 Å². The van der Waals surface area contributed by atoms with E-state index in [-0.39, 0.29) is 17.6 Å². The summed E-state index contributed by atoms with van der Waals surface area (Å²) in [5, 5.41) is 7.27. The predicted octanol–water partition coefficient (Wildman–Crippen LogP) is 5.38. The van der Waals surface area contributed by atoms with E-state index in [4.69, 9.17) is 4.42 Å². The monoisotopic (exact) mass is 479 g/mol. The van der Waals surface area contributed by atoms with E-state index in [9.17, 15) is 9.59 Å². The first kappa shape index (κ1) is 21.1. The Morgan fingerprint density at radius 1 is 1.03 bits per heavy atom. The van der Waals surface area contributed by atoms with Crippen LogP contribution in [0.2, 0.25) is 0 Å². The molecule has 4 rings (SSSR count). The number of carbonyl (C=O) groups is 2. The van der Waals surface area contributed by atoms with Gasteiger partial charge in [-0.25, -0.2) is 5.43 Å². The van der Waals surface area contributed by atoms with Gasteiger partial charge in [-0.05, 0) is 72.4 Å².